The van der Waals surface area contributed by atoms with Crippen molar-refractivity contribution in [2.45, 2.75) is 45.3 Å². The second-order valence-corrected chi connectivity index (χ2v) is 5.64. The van der Waals surface area contributed by atoms with E-state index < -0.39 is 4.92 Å². The fourth-order valence-electron chi connectivity index (χ4n) is 2.67. The van der Waals surface area contributed by atoms with Crippen molar-refractivity contribution in [1.29, 1.82) is 0 Å². The number of ether oxygens (including phenoxy) is 2. The molecule has 2 N–H and O–H groups in total. The molecule has 0 amide bonds. The zero-order valence-corrected chi connectivity index (χ0v) is 12.5. The predicted molar refractivity (Wildman–Crippen MR) is 79.7 cm³/mol. The first kappa shape index (κ1) is 15.6. The van der Waals surface area contributed by atoms with E-state index in [1.54, 1.807) is 12.1 Å². The predicted octanol–water partition coefficient (Wildman–Crippen LogP) is 2.89. The zero-order valence-electron chi connectivity index (χ0n) is 12.5. The molecule has 0 saturated heterocycles. The van der Waals surface area contributed by atoms with Gasteiger partial charge in [0.25, 0.3) is 0 Å². The number of nitro groups is 1. The summed E-state index contributed by atoms with van der Waals surface area (Å²) in [4.78, 5) is 10.6. The van der Waals surface area contributed by atoms with Gasteiger partial charge in [-0.05, 0) is 45.7 Å². The molecule has 1 aromatic carbocycles. The highest BCUT2D eigenvalue weighted by Gasteiger charge is 2.28. The van der Waals surface area contributed by atoms with Crippen LogP contribution in [0.5, 0.6) is 11.5 Å². The molecule has 21 heavy (non-hydrogen) atoms. The fraction of sp³-hybridized carbons (Fsp3) is 0.600. The van der Waals surface area contributed by atoms with Gasteiger partial charge in [-0.15, -0.1) is 0 Å². The minimum Gasteiger partial charge on any atom is -0.490 e. The molecule has 1 saturated carbocycles. The molecule has 2 rings (SSSR count). The maximum atomic E-state index is 11.0. The van der Waals surface area contributed by atoms with Crippen LogP contribution in [0, 0.1) is 16.0 Å². The van der Waals surface area contributed by atoms with Crippen molar-refractivity contribution >= 4 is 5.69 Å². The van der Waals surface area contributed by atoms with Crippen molar-refractivity contribution in [2.24, 2.45) is 11.7 Å². The molecule has 1 aliphatic rings. The van der Waals surface area contributed by atoms with Gasteiger partial charge in [0.1, 0.15) is 11.9 Å². The molecule has 2 unspecified atom stereocenters. The lowest BCUT2D eigenvalue weighted by Crippen LogP contribution is -2.27. The van der Waals surface area contributed by atoms with Gasteiger partial charge >= 0.3 is 5.69 Å². The Morgan fingerprint density at radius 1 is 1.43 bits per heavy atom. The molecule has 0 radical (unpaired) electrons. The number of nitrogens with zero attached hydrogens (tertiary/aromatic N) is 1. The first-order chi connectivity index (χ1) is 10.0. The number of nitrogens with two attached hydrogens (primary N) is 1. The second-order valence-electron chi connectivity index (χ2n) is 5.64. The Bertz CT molecular complexity index is 504. The number of nitro benzene ring substituents is 1. The van der Waals surface area contributed by atoms with Crippen molar-refractivity contribution in [3.8, 4) is 11.5 Å². The second kappa shape index (κ2) is 6.76. The molecule has 2 atom stereocenters. The molecular formula is C15H22N2O4. The standard InChI is InChI=1S/C15H22N2O4/c1-10(2)20-15-8-12(6-7-13(15)17(18)19)21-14-5-3-4-11(14)9-16/h6-8,10-11,14H,3-5,9,16H2,1-2H3. The largest absolute Gasteiger partial charge is 0.490 e. The van der Waals surface area contributed by atoms with E-state index in [-0.39, 0.29) is 23.6 Å². The maximum absolute atomic E-state index is 11.0. The first-order valence-electron chi connectivity index (χ1n) is 7.33. The van der Waals surface area contributed by atoms with Gasteiger partial charge in [0, 0.05) is 18.1 Å². The molecule has 1 aliphatic carbocycles. The zero-order chi connectivity index (χ0) is 15.4. The highest BCUT2D eigenvalue weighted by molar-refractivity contribution is 5.50. The van der Waals surface area contributed by atoms with Crippen molar-refractivity contribution < 1.29 is 14.4 Å². The summed E-state index contributed by atoms with van der Waals surface area (Å²) in [6.45, 7) is 4.27. The van der Waals surface area contributed by atoms with E-state index in [9.17, 15) is 10.1 Å². The third-order valence-electron chi connectivity index (χ3n) is 3.67. The van der Waals surface area contributed by atoms with E-state index in [2.05, 4.69) is 0 Å². The average Bonchev–Trinajstić information content (AvgIpc) is 2.85. The van der Waals surface area contributed by atoms with E-state index in [1.165, 1.54) is 6.07 Å². The first-order valence-corrected chi connectivity index (χ1v) is 7.33. The molecular weight excluding hydrogens is 272 g/mol. The van der Waals surface area contributed by atoms with Gasteiger partial charge in [-0.2, -0.15) is 0 Å². The van der Waals surface area contributed by atoms with Crippen molar-refractivity contribution in [3.05, 3.63) is 28.3 Å². The quantitative estimate of drug-likeness (QED) is 0.644. The Morgan fingerprint density at radius 2 is 2.19 bits per heavy atom. The van der Waals surface area contributed by atoms with Crippen LogP contribution >= 0.6 is 0 Å². The molecule has 1 fully saturated rings. The Hall–Kier alpha value is -1.82. The van der Waals surface area contributed by atoms with Crippen LogP contribution < -0.4 is 15.2 Å². The molecule has 0 aliphatic heterocycles. The minimum absolute atomic E-state index is 0.0437. The summed E-state index contributed by atoms with van der Waals surface area (Å²) >= 11 is 0. The van der Waals surface area contributed by atoms with Crippen LogP contribution in [0.25, 0.3) is 0 Å². The lowest BCUT2D eigenvalue weighted by Gasteiger charge is -2.20. The van der Waals surface area contributed by atoms with Crippen LogP contribution in [0.2, 0.25) is 0 Å². The van der Waals surface area contributed by atoms with Crippen molar-refractivity contribution in [2.75, 3.05) is 6.54 Å². The lowest BCUT2D eigenvalue weighted by atomic mass is 10.1. The molecule has 0 heterocycles. The van der Waals surface area contributed by atoms with Crippen LogP contribution in [0.3, 0.4) is 0 Å². The summed E-state index contributed by atoms with van der Waals surface area (Å²) in [7, 11) is 0. The van der Waals surface area contributed by atoms with E-state index in [0.717, 1.165) is 19.3 Å². The lowest BCUT2D eigenvalue weighted by molar-refractivity contribution is -0.386. The third kappa shape index (κ3) is 3.85. The molecule has 0 bridgehead atoms. The van der Waals surface area contributed by atoms with Crippen LogP contribution in [-0.4, -0.2) is 23.7 Å². The number of benzene rings is 1. The van der Waals surface area contributed by atoms with E-state index in [0.29, 0.717) is 18.2 Å². The number of hydrogen-bond donors (Lipinski definition) is 1. The Balaban J connectivity index is 2.18. The Morgan fingerprint density at radius 3 is 2.81 bits per heavy atom. The SMILES string of the molecule is CC(C)Oc1cc(OC2CCCC2CN)ccc1[N+](=O)[O-]. The summed E-state index contributed by atoms with van der Waals surface area (Å²) in [6.07, 6.45) is 3.10. The Labute approximate surface area is 124 Å². The van der Waals surface area contributed by atoms with Crippen molar-refractivity contribution in [1.82, 2.24) is 0 Å². The smallest absolute Gasteiger partial charge is 0.311 e. The number of hydrogen-bond acceptors (Lipinski definition) is 5. The normalized spacial score (nSPS) is 21.5. The maximum Gasteiger partial charge on any atom is 0.311 e. The van der Waals surface area contributed by atoms with Gasteiger partial charge in [-0.3, -0.25) is 10.1 Å². The van der Waals surface area contributed by atoms with Gasteiger partial charge in [0.15, 0.2) is 0 Å². The van der Waals surface area contributed by atoms with Crippen molar-refractivity contribution in [3.63, 3.8) is 0 Å². The molecule has 0 spiro atoms. The number of rotatable bonds is 6. The van der Waals surface area contributed by atoms with E-state index in [1.807, 2.05) is 13.8 Å². The van der Waals surface area contributed by atoms with Crippen LogP contribution in [0.15, 0.2) is 18.2 Å². The average molecular weight is 294 g/mol. The van der Waals surface area contributed by atoms with Gasteiger partial charge < -0.3 is 15.2 Å². The summed E-state index contributed by atoms with van der Waals surface area (Å²) in [5.41, 5.74) is 5.70. The summed E-state index contributed by atoms with van der Waals surface area (Å²) in [5, 5.41) is 11.0. The minimum atomic E-state index is -0.445. The highest BCUT2D eigenvalue weighted by atomic mass is 16.6. The fourth-order valence-corrected chi connectivity index (χ4v) is 2.67. The van der Waals surface area contributed by atoms with Crippen LogP contribution in [-0.2, 0) is 0 Å². The topological polar surface area (TPSA) is 87.6 Å². The Kier molecular flexibility index (Phi) is 5.01. The van der Waals surface area contributed by atoms with Crippen LogP contribution in [0.1, 0.15) is 33.1 Å². The van der Waals surface area contributed by atoms with E-state index in [4.69, 9.17) is 15.2 Å². The molecule has 6 heteroatoms. The van der Waals surface area contributed by atoms with Gasteiger partial charge in [0.2, 0.25) is 5.75 Å². The van der Waals surface area contributed by atoms with Gasteiger partial charge in [-0.1, -0.05) is 0 Å². The van der Waals surface area contributed by atoms with Crippen LogP contribution in [0.4, 0.5) is 5.69 Å². The molecule has 6 nitrogen and oxygen atoms in total. The molecule has 0 aromatic heterocycles. The summed E-state index contributed by atoms with van der Waals surface area (Å²) in [6, 6.07) is 4.65. The molecule has 116 valence electrons. The summed E-state index contributed by atoms with van der Waals surface area (Å²) < 4.78 is 11.5. The van der Waals surface area contributed by atoms with Gasteiger partial charge in [-0.25, -0.2) is 0 Å². The highest BCUT2D eigenvalue weighted by Crippen LogP contribution is 2.35. The monoisotopic (exact) mass is 294 g/mol. The van der Waals surface area contributed by atoms with E-state index >= 15 is 0 Å². The third-order valence-corrected chi connectivity index (χ3v) is 3.67. The molecule has 1 aromatic rings. The van der Waals surface area contributed by atoms with Gasteiger partial charge in [0.05, 0.1) is 11.0 Å². The summed E-state index contributed by atoms with van der Waals surface area (Å²) in [5.74, 6) is 1.20.